The summed E-state index contributed by atoms with van der Waals surface area (Å²) in [7, 11) is -3.55. The number of benzene rings is 2. The zero-order valence-electron chi connectivity index (χ0n) is 15.0. The molecular weight excluding hydrogens is 446 g/mol. The van der Waals surface area contributed by atoms with Gasteiger partial charge in [-0.1, -0.05) is 28.1 Å². The topological polar surface area (TPSA) is 95.6 Å². The average Bonchev–Trinajstić information content (AvgIpc) is 3.22. The molecule has 0 unspecified atom stereocenters. The van der Waals surface area contributed by atoms with Crippen LogP contribution in [-0.4, -0.2) is 44.2 Å². The van der Waals surface area contributed by atoms with E-state index in [2.05, 4.69) is 26.6 Å². The number of rotatable bonds is 6. The van der Waals surface area contributed by atoms with E-state index in [4.69, 9.17) is 0 Å². The molecule has 0 atom stereocenters. The number of carbonyl (C=O) groups is 2. The Hall–Kier alpha value is -2.23. The molecule has 1 aliphatic rings. The minimum Gasteiger partial charge on any atom is -0.343 e. The van der Waals surface area contributed by atoms with Gasteiger partial charge in [0.25, 0.3) is 5.91 Å². The molecule has 1 saturated heterocycles. The summed E-state index contributed by atoms with van der Waals surface area (Å²) >= 11 is 3.29. The highest BCUT2D eigenvalue weighted by Gasteiger charge is 2.27. The maximum absolute atomic E-state index is 12.6. The first-order chi connectivity index (χ1) is 13.4. The van der Waals surface area contributed by atoms with Crippen LogP contribution in [0.2, 0.25) is 0 Å². The Morgan fingerprint density at radius 3 is 2.46 bits per heavy atom. The molecule has 1 aliphatic heterocycles. The van der Waals surface area contributed by atoms with Crippen LogP contribution in [0.3, 0.4) is 0 Å². The van der Waals surface area contributed by atoms with Crippen LogP contribution in [0.5, 0.6) is 0 Å². The molecule has 2 aromatic rings. The van der Waals surface area contributed by atoms with Crippen molar-refractivity contribution in [1.29, 1.82) is 0 Å². The third-order valence-corrected chi connectivity index (χ3v) is 6.70. The van der Waals surface area contributed by atoms with E-state index < -0.39 is 15.9 Å². The van der Waals surface area contributed by atoms with Gasteiger partial charge in [0, 0.05) is 28.8 Å². The second kappa shape index (κ2) is 8.85. The van der Waals surface area contributed by atoms with Crippen LogP contribution < -0.4 is 10.6 Å². The zero-order chi connectivity index (χ0) is 20.1. The number of nitrogens with zero attached hydrogens (tertiary/aromatic N) is 1. The summed E-state index contributed by atoms with van der Waals surface area (Å²) in [5, 5.41) is 5.15. The van der Waals surface area contributed by atoms with Gasteiger partial charge < -0.3 is 10.6 Å². The molecule has 7 nitrogen and oxygen atoms in total. The maximum atomic E-state index is 12.6. The van der Waals surface area contributed by atoms with Gasteiger partial charge in [0.2, 0.25) is 15.9 Å². The Bertz CT molecular complexity index is 988. The minimum absolute atomic E-state index is 0.144. The second-order valence-electron chi connectivity index (χ2n) is 6.38. The number of anilines is 1. The predicted molar refractivity (Wildman–Crippen MR) is 110 cm³/mol. The first-order valence-corrected chi connectivity index (χ1v) is 11.0. The van der Waals surface area contributed by atoms with Crippen LogP contribution in [0.1, 0.15) is 23.2 Å². The molecule has 148 valence electrons. The van der Waals surface area contributed by atoms with Crippen LogP contribution in [0.4, 0.5) is 5.69 Å². The van der Waals surface area contributed by atoms with E-state index in [1.165, 1.54) is 16.4 Å². The van der Waals surface area contributed by atoms with E-state index in [9.17, 15) is 18.0 Å². The molecule has 2 aromatic carbocycles. The molecule has 0 radical (unpaired) electrons. The van der Waals surface area contributed by atoms with Gasteiger partial charge in [0.15, 0.2) is 0 Å². The molecule has 0 bridgehead atoms. The van der Waals surface area contributed by atoms with E-state index in [-0.39, 0.29) is 17.3 Å². The molecule has 0 aliphatic carbocycles. The van der Waals surface area contributed by atoms with Crippen LogP contribution in [0.25, 0.3) is 0 Å². The van der Waals surface area contributed by atoms with Crippen molar-refractivity contribution in [2.75, 3.05) is 25.0 Å². The first-order valence-electron chi connectivity index (χ1n) is 8.80. The summed E-state index contributed by atoms with van der Waals surface area (Å²) < 4.78 is 27.5. The van der Waals surface area contributed by atoms with Gasteiger partial charge in [-0.25, -0.2) is 8.42 Å². The number of carbonyl (C=O) groups excluding carboxylic acids is 2. The van der Waals surface area contributed by atoms with Crippen molar-refractivity contribution in [2.45, 2.75) is 17.7 Å². The monoisotopic (exact) mass is 465 g/mol. The van der Waals surface area contributed by atoms with Crippen molar-refractivity contribution in [2.24, 2.45) is 0 Å². The van der Waals surface area contributed by atoms with Crippen molar-refractivity contribution in [3.8, 4) is 0 Å². The molecule has 3 rings (SSSR count). The van der Waals surface area contributed by atoms with Crippen LogP contribution >= 0.6 is 15.9 Å². The van der Waals surface area contributed by atoms with Gasteiger partial charge in [-0.3, -0.25) is 9.59 Å². The maximum Gasteiger partial charge on any atom is 0.251 e. The minimum atomic E-state index is -3.55. The van der Waals surface area contributed by atoms with E-state index in [0.29, 0.717) is 24.3 Å². The highest BCUT2D eigenvalue weighted by Crippen LogP contribution is 2.23. The number of nitrogens with one attached hydrogen (secondary N) is 2. The number of hydrogen-bond donors (Lipinski definition) is 2. The van der Waals surface area contributed by atoms with Crippen molar-refractivity contribution in [1.82, 2.24) is 9.62 Å². The lowest BCUT2D eigenvalue weighted by Crippen LogP contribution is -2.33. The van der Waals surface area contributed by atoms with E-state index in [1.54, 1.807) is 36.4 Å². The number of sulfonamides is 1. The SMILES string of the molecule is O=C(CNC(=O)c1cccc(Br)c1)Nc1cccc(S(=O)(=O)N2CCCC2)c1. The van der Waals surface area contributed by atoms with Gasteiger partial charge in [-0.05, 0) is 49.2 Å². The Kier molecular flexibility index (Phi) is 6.48. The highest BCUT2D eigenvalue weighted by molar-refractivity contribution is 9.10. The molecule has 0 spiro atoms. The third-order valence-electron chi connectivity index (χ3n) is 4.32. The fourth-order valence-corrected chi connectivity index (χ4v) is 4.87. The fourth-order valence-electron chi connectivity index (χ4n) is 2.91. The largest absolute Gasteiger partial charge is 0.343 e. The summed E-state index contributed by atoms with van der Waals surface area (Å²) in [6.07, 6.45) is 1.71. The number of halogens is 1. The smallest absolute Gasteiger partial charge is 0.251 e. The van der Waals surface area contributed by atoms with E-state index in [0.717, 1.165) is 17.3 Å². The Balaban J connectivity index is 1.61. The molecule has 0 aromatic heterocycles. The molecule has 2 amide bonds. The van der Waals surface area contributed by atoms with Gasteiger partial charge in [0.05, 0.1) is 11.4 Å². The molecule has 2 N–H and O–H groups in total. The van der Waals surface area contributed by atoms with Crippen molar-refractivity contribution >= 4 is 43.5 Å². The van der Waals surface area contributed by atoms with Crippen molar-refractivity contribution in [3.05, 3.63) is 58.6 Å². The summed E-state index contributed by atoms with van der Waals surface area (Å²) in [4.78, 5) is 24.4. The zero-order valence-corrected chi connectivity index (χ0v) is 17.4. The Morgan fingerprint density at radius 2 is 1.75 bits per heavy atom. The van der Waals surface area contributed by atoms with E-state index in [1.807, 2.05) is 0 Å². The Labute approximate surface area is 172 Å². The first kappa shape index (κ1) is 20.5. The van der Waals surface area contributed by atoms with Gasteiger partial charge in [-0.15, -0.1) is 0 Å². The highest BCUT2D eigenvalue weighted by atomic mass is 79.9. The molecular formula is C19H20BrN3O4S. The van der Waals surface area contributed by atoms with Crippen LogP contribution in [0.15, 0.2) is 57.9 Å². The quantitative estimate of drug-likeness (QED) is 0.684. The summed E-state index contributed by atoms with van der Waals surface area (Å²) in [6, 6.07) is 13.0. The van der Waals surface area contributed by atoms with Gasteiger partial charge >= 0.3 is 0 Å². The molecule has 0 saturated carbocycles. The van der Waals surface area contributed by atoms with Gasteiger partial charge in [0.1, 0.15) is 0 Å². The predicted octanol–water partition coefficient (Wildman–Crippen LogP) is 2.60. The van der Waals surface area contributed by atoms with Gasteiger partial charge in [-0.2, -0.15) is 4.31 Å². The van der Waals surface area contributed by atoms with Crippen LogP contribution in [0, 0.1) is 0 Å². The lowest BCUT2D eigenvalue weighted by atomic mass is 10.2. The molecule has 1 heterocycles. The molecule has 28 heavy (non-hydrogen) atoms. The average molecular weight is 466 g/mol. The summed E-state index contributed by atoms with van der Waals surface area (Å²) in [5.41, 5.74) is 0.794. The number of hydrogen-bond acceptors (Lipinski definition) is 4. The normalized spacial score (nSPS) is 14.6. The van der Waals surface area contributed by atoms with E-state index >= 15 is 0 Å². The third kappa shape index (κ3) is 4.98. The summed E-state index contributed by atoms with van der Waals surface area (Å²) in [5.74, 6) is -0.819. The lowest BCUT2D eigenvalue weighted by Gasteiger charge is -2.16. The lowest BCUT2D eigenvalue weighted by molar-refractivity contribution is -0.115. The summed E-state index contributed by atoms with van der Waals surface area (Å²) in [6.45, 7) is 0.801. The number of amides is 2. The van der Waals surface area contributed by atoms with Crippen LogP contribution in [-0.2, 0) is 14.8 Å². The fraction of sp³-hybridized carbons (Fsp3) is 0.263. The standard InChI is InChI=1S/C19H20BrN3O4S/c20-15-6-3-5-14(11-15)19(25)21-13-18(24)22-16-7-4-8-17(12-16)28(26,27)23-9-1-2-10-23/h3-8,11-12H,1-2,9-10,13H2,(H,21,25)(H,22,24). The van der Waals surface area contributed by atoms with Crippen molar-refractivity contribution in [3.63, 3.8) is 0 Å². The Morgan fingerprint density at radius 1 is 1.04 bits per heavy atom. The van der Waals surface area contributed by atoms with Crippen molar-refractivity contribution < 1.29 is 18.0 Å². The molecule has 1 fully saturated rings. The second-order valence-corrected chi connectivity index (χ2v) is 9.23. The molecule has 9 heteroatoms.